The molecular formula is C20H14ClN7O. The normalized spacial score (nSPS) is 11.1. The van der Waals surface area contributed by atoms with E-state index < -0.39 is 0 Å². The summed E-state index contributed by atoms with van der Waals surface area (Å²) in [6.45, 7) is 0. The molecule has 0 aliphatic heterocycles. The van der Waals surface area contributed by atoms with Gasteiger partial charge in [0.15, 0.2) is 5.65 Å². The minimum absolute atomic E-state index is 0.453. The first kappa shape index (κ1) is 17.2. The van der Waals surface area contributed by atoms with Crippen LogP contribution in [0.15, 0.2) is 67.4 Å². The third-order valence-electron chi connectivity index (χ3n) is 4.33. The Morgan fingerprint density at radius 1 is 0.966 bits per heavy atom. The number of nitrogen functional groups attached to an aromatic ring is 1. The summed E-state index contributed by atoms with van der Waals surface area (Å²) >= 11 is 6.44. The molecule has 0 bridgehead atoms. The molecular weight excluding hydrogens is 390 g/mol. The molecule has 0 saturated carbocycles. The number of benzene rings is 2. The van der Waals surface area contributed by atoms with Gasteiger partial charge >= 0.3 is 0 Å². The van der Waals surface area contributed by atoms with E-state index in [0.717, 1.165) is 16.6 Å². The van der Waals surface area contributed by atoms with E-state index in [2.05, 4.69) is 25.4 Å². The highest BCUT2D eigenvalue weighted by Crippen LogP contribution is 2.33. The van der Waals surface area contributed by atoms with E-state index in [0.29, 0.717) is 33.7 Å². The zero-order chi connectivity index (χ0) is 19.8. The average Bonchev–Trinajstić information content (AvgIpc) is 3.18. The maximum atomic E-state index is 6.44. The highest BCUT2D eigenvalue weighted by atomic mass is 35.5. The van der Waals surface area contributed by atoms with Crippen molar-refractivity contribution in [1.82, 2.24) is 24.6 Å². The van der Waals surface area contributed by atoms with Crippen LogP contribution < -0.4 is 15.8 Å². The van der Waals surface area contributed by atoms with Gasteiger partial charge < -0.3 is 15.8 Å². The van der Waals surface area contributed by atoms with E-state index in [4.69, 9.17) is 22.1 Å². The van der Waals surface area contributed by atoms with Crippen LogP contribution in [-0.4, -0.2) is 24.6 Å². The summed E-state index contributed by atoms with van der Waals surface area (Å²) < 4.78 is 7.55. The predicted octanol–water partition coefficient (Wildman–Crippen LogP) is 4.44. The minimum Gasteiger partial charge on any atom is -0.456 e. The van der Waals surface area contributed by atoms with Crippen LogP contribution in [0, 0.1) is 0 Å². The van der Waals surface area contributed by atoms with E-state index >= 15 is 0 Å². The first-order valence-electron chi connectivity index (χ1n) is 8.70. The molecule has 2 aromatic carbocycles. The number of halogens is 1. The number of hydrogen-bond acceptors (Lipinski definition) is 7. The number of rotatable bonds is 4. The molecule has 5 rings (SSSR count). The largest absolute Gasteiger partial charge is 0.456 e. The van der Waals surface area contributed by atoms with Crippen molar-refractivity contribution in [2.45, 2.75) is 0 Å². The van der Waals surface area contributed by atoms with Crippen LogP contribution in [-0.2, 0) is 0 Å². The van der Waals surface area contributed by atoms with Crippen molar-refractivity contribution in [3.8, 4) is 11.5 Å². The maximum Gasteiger partial charge on any atom is 0.158 e. The second-order valence-electron chi connectivity index (χ2n) is 6.30. The van der Waals surface area contributed by atoms with Crippen molar-refractivity contribution in [2.75, 3.05) is 11.1 Å². The first-order chi connectivity index (χ1) is 14.2. The quantitative estimate of drug-likeness (QED) is 0.427. The fourth-order valence-corrected chi connectivity index (χ4v) is 3.18. The lowest BCUT2D eigenvalue weighted by Gasteiger charge is -2.12. The van der Waals surface area contributed by atoms with Crippen molar-refractivity contribution in [3.05, 3.63) is 72.4 Å². The monoisotopic (exact) mass is 403 g/mol. The van der Waals surface area contributed by atoms with Crippen molar-refractivity contribution in [1.29, 1.82) is 0 Å². The van der Waals surface area contributed by atoms with Crippen molar-refractivity contribution in [2.24, 2.45) is 0 Å². The Hall–Kier alpha value is -3.91. The molecule has 3 aromatic heterocycles. The number of nitrogens with one attached hydrogen (secondary N) is 1. The molecule has 0 atom stereocenters. The van der Waals surface area contributed by atoms with Crippen molar-refractivity contribution >= 4 is 45.3 Å². The van der Waals surface area contributed by atoms with Gasteiger partial charge in [0.2, 0.25) is 0 Å². The second-order valence-corrected chi connectivity index (χ2v) is 6.70. The lowest BCUT2D eigenvalue weighted by atomic mass is 10.2. The standard InChI is InChI=1S/C20H14ClN7O/c21-16-8-13(27-20-15-7-12(22)1-3-17(15)23-10-25-20)2-4-18(16)29-14-5-6-28-19(9-14)24-11-26-28/h1-11H,22H2,(H,23,25,27). The third kappa shape index (κ3) is 3.37. The van der Waals surface area contributed by atoms with Crippen molar-refractivity contribution in [3.63, 3.8) is 0 Å². The Kier molecular flexibility index (Phi) is 4.10. The molecule has 5 aromatic rings. The summed E-state index contributed by atoms with van der Waals surface area (Å²) in [4.78, 5) is 12.7. The lowest BCUT2D eigenvalue weighted by molar-refractivity contribution is 0.482. The molecule has 0 unspecified atom stereocenters. The van der Waals surface area contributed by atoms with Crippen LogP contribution in [0.4, 0.5) is 17.2 Å². The number of aromatic nitrogens is 5. The van der Waals surface area contributed by atoms with E-state index in [1.165, 1.54) is 12.7 Å². The Balaban J connectivity index is 1.42. The zero-order valence-electron chi connectivity index (χ0n) is 15.0. The molecule has 0 spiro atoms. The summed E-state index contributed by atoms with van der Waals surface area (Å²) in [5, 5.41) is 8.60. The molecule has 9 heteroatoms. The molecule has 0 saturated heterocycles. The van der Waals surface area contributed by atoms with Crippen LogP contribution in [0.5, 0.6) is 11.5 Å². The van der Waals surface area contributed by atoms with Gasteiger partial charge in [-0.25, -0.2) is 19.5 Å². The summed E-state index contributed by atoms with van der Waals surface area (Å²) in [5.74, 6) is 1.78. The fourth-order valence-electron chi connectivity index (χ4n) is 2.96. The third-order valence-corrected chi connectivity index (χ3v) is 4.63. The lowest BCUT2D eigenvalue weighted by Crippen LogP contribution is -1.97. The number of hydrogen-bond donors (Lipinski definition) is 2. The van der Waals surface area contributed by atoms with E-state index in [9.17, 15) is 0 Å². The summed E-state index contributed by atoms with van der Waals surface area (Å²) in [5.41, 5.74) is 8.79. The minimum atomic E-state index is 0.453. The molecule has 29 heavy (non-hydrogen) atoms. The Bertz CT molecular complexity index is 1350. The van der Waals surface area contributed by atoms with Gasteiger partial charge in [-0.15, -0.1) is 0 Å². The zero-order valence-corrected chi connectivity index (χ0v) is 15.7. The Morgan fingerprint density at radius 3 is 2.79 bits per heavy atom. The molecule has 0 fully saturated rings. The number of pyridine rings is 1. The molecule has 8 nitrogen and oxygen atoms in total. The van der Waals surface area contributed by atoms with Gasteiger partial charge in [-0.05, 0) is 42.5 Å². The molecule has 142 valence electrons. The van der Waals surface area contributed by atoms with E-state index in [1.54, 1.807) is 41.0 Å². The van der Waals surface area contributed by atoms with Gasteiger partial charge in [0, 0.05) is 29.0 Å². The number of nitrogens with zero attached hydrogens (tertiary/aromatic N) is 5. The molecule has 0 amide bonds. The summed E-state index contributed by atoms with van der Waals surface area (Å²) in [7, 11) is 0. The van der Waals surface area contributed by atoms with Gasteiger partial charge in [-0.2, -0.15) is 5.10 Å². The van der Waals surface area contributed by atoms with Crippen LogP contribution in [0.1, 0.15) is 0 Å². The van der Waals surface area contributed by atoms with Crippen LogP contribution in [0.3, 0.4) is 0 Å². The summed E-state index contributed by atoms with van der Waals surface area (Å²) in [6.07, 6.45) is 4.75. The smallest absolute Gasteiger partial charge is 0.158 e. The van der Waals surface area contributed by atoms with Gasteiger partial charge in [0.05, 0.1) is 10.5 Å². The Morgan fingerprint density at radius 2 is 1.90 bits per heavy atom. The number of nitrogens with two attached hydrogens (primary N) is 1. The molecule has 3 heterocycles. The number of ether oxygens (including phenoxy) is 1. The van der Waals surface area contributed by atoms with Gasteiger partial charge in [0.25, 0.3) is 0 Å². The molecule has 3 N–H and O–H groups in total. The topological polar surface area (TPSA) is 103 Å². The molecule has 0 radical (unpaired) electrons. The van der Waals surface area contributed by atoms with Crippen LogP contribution in [0.25, 0.3) is 16.6 Å². The number of fused-ring (bicyclic) bond motifs is 2. The average molecular weight is 404 g/mol. The predicted molar refractivity (Wildman–Crippen MR) is 112 cm³/mol. The van der Waals surface area contributed by atoms with Crippen LogP contribution >= 0.6 is 11.6 Å². The van der Waals surface area contributed by atoms with Gasteiger partial charge in [0.1, 0.15) is 30.0 Å². The summed E-state index contributed by atoms with van der Waals surface area (Å²) in [6, 6.07) is 14.5. The highest BCUT2D eigenvalue weighted by molar-refractivity contribution is 6.32. The Labute approximate surface area is 169 Å². The number of anilines is 3. The van der Waals surface area contributed by atoms with E-state index in [1.807, 2.05) is 18.2 Å². The van der Waals surface area contributed by atoms with Crippen LogP contribution in [0.2, 0.25) is 5.02 Å². The molecule has 0 aliphatic carbocycles. The first-order valence-corrected chi connectivity index (χ1v) is 9.07. The van der Waals surface area contributed by atoms with E-state index in [-0.39, 0.29) is 0 Å². The maximum absolute atomic E-state index is 6.44. The fraction of sp³-hybridized carbons (Fsp3) is 0. The highest BCUT2D eigenvalue weighted by Gasteiger charge is 2.09. The second kappa shape index (κ2) is 6.92. The van der Waals surface area contributed by atoms with Gasteiger partial charge in [-0.1, -0.05) is 11.6 Å². The SMILES string of the molecule is Nc1ccc2ncnc(Nc3ccc(Oc4ccn5ncnc5c4)c(Cl)c3)c2c1. The molecule has 0 aliphatic rings. The van der Waals surface area contributed by atoms with Gasteiger partial charge in [-0.3, -0.25) is 0 Å². The van der Waals surface area contributed by atoms with Crippen molar-refractivity contribution < 1.29 is 4.74 Å².